The molecule has 0 aromatic carbocycles. The van der Waals surface area contributed by atoms with Crippen molar-refractivity contribution in [2.75, 3.05) is 26.2 Å². The van der Waals surface area contributed by atoms with Gasteiger partial charge in [0.25, 0.3) is 0 Å². The Morgan fingerprint density at radius 3 is 2.68 bits per heavy atom. The van der Waals surface area contributed by atoms with E-state index < -0.39 is 0 Å². The van der Waals surface area contributed by atoms with Gasteiger partial charge in [-0.2, -0.15) is 0 Å². The van der Waals surface area contributed by atoms with Crippen molar-refractivity contribution >= 4 is 0 Å². The summed E-state index contributed by atoms with van der Waals surface area (Å²) in [7, 11) is 0. The second-order valence-corrected chi connectivity index (χ2v) is 6.94. The fourth-order valence-electron chi connectivity index (χ4n) is 3.36. The number of hydrogen-bond acceptors (Lipinski definition) is 3. The van der Waals surface area contributed by atoms with Gasteiger partial charge in [-0.25, -0.2) is 0 Å². The Bertz CT molecular complexity index is 261. The molecule has 2 unspecified atom stereocenters. The summed E-state index contributed by atoms with van der Waals surface area (Å²) in [5.41, 5.74) is 0.104. The minimum atomic E-state index is 0.104. The van der Waals surface area contributed by atoms with Gasteiger partial charge in [-0.05, 0) is 59.0 Å². The number of rotatable bonds is 7. The van der Waals surface area contributed by atoms with Crippen LogP contribution in [0.25, 0.3) is 0 Å². The highest BCUT2D eigenvalue weighted by atomic mass is 16.5. The van der Waals surface area contributed by atoms with E-state index in [4.69, 9.17) is 4.74 Å². The van der Waals surface area contributed by atoms with Gasteiger partial charge < -0.3 is 10.1 Å². The summed E-state index contributed by atoms with van der Waals surface area (Å²) in [6, 6.07) is 0.714. The largest absolute Gasteiger partial charge is 0.371 e. The van der Waals surface area contributed by atoms with Crippen LogP contribution in [0.4, 0.5) is 0 Å². The van der Waals surface area contributed by atoms with Crippen LogP contribution in [0.3, 0.4) is 0 Å². The molecule has 0 saturated carbocycles. The predicted molar refractivity (Wildman–Crippen MR) is 80.6 cm³/mol. The van der Waals surface area contributed by atoms with Crippen molar-refractivity contribution < 1.29 is 4.74 Å². The number of ether oxygens (including phenoxy) is 1. The van der Waals surface area contributed by atoms with Crippen molar-refractivity contribution in [1.82, 2.24) is 10.2 Å². The summed E-state index contributed by atoms with van der Waals surface area (Å²) in [6.45, 7) is 11.5. The SMILES string of the molecule is CCCCN(CC1CCCN1)CC1CCC(C)(C)O1. The van der Waals surface area contributed by atoms with E-state index in [0.29, 0.717) is 12.1 Å². The van der Waals surface area contributed by atoms with Crippen LogP contribution < -0.4 is 5.32 Å². The average Bonchev–Trinajstić information content (AvgIpc) is 2.96. The molecular weight excluding hydrogens is 236 g/mol. The van der Waals surface area contributed by atoms with Crippen molar-refractivity contribution in [2.45, 2.75) is 77.0 Å². The molecule has 112 valence electrons. The summed E-state index contributed by atoms with van der Waals surface area (Å²) < 4.78 is 6.16. The third-order valence-electron chi connectivity index (χ3n) is 4.48. The molecule has 0 spiro atoms. The molecule has 0 amide bonds. The van der Waals surface area contributed by atoms with Gasteiger partial charge in [-0.3, -0.25) is 4.90 Å². The van der Waals surface area contributed by atoms with Crippen LogP contribution in [0.1, 0.15) is 59.3 Å². The molecule has 0 radical (unpaired) electrons. The van der Waals surface area contributed by atoms with Crippen LogP contribution in [0, 0.1) is 0 Å². The Morgan fingerprint density at radius 1 is 1.26 bits per heavy atom. The van der Waals surface area contributed by atoms with Gasteiger partial charge in [0.15, 0.2) is 0 Å². The highest BCUT2D eigenvalue weighted by Crippen LogP contribution is 2.29. The summed E-state index contributed by atoms with van der Waals surface area (Å²) in [6.07, 6.45) is 8.18. The van der Waals surface area contributed by atoms with Crippen LogP contribution in [-0.2, 0) is 4.74 Å². The third-order valence-corrected chi connectivity index (χ3v) is 4.48. The summed E-state index contributed by atoms with van der Waals surface area (Å²) in [5, 5.41) is 3.62. The molecule has 2 heterocycles. The number of hydrogen-bond donors (Lipinski definition) is 1. The van der Waals surface area contributed by atoms with Gasteiger partial charge in [-0.1, -0.05) is 13.3 Å². The maximum atomic E-state index is 6.16. The van der Waals surface area contributed by atoms with Crippen molar-refractivity contribution in [1.29, 1.82) is 0 Å². The summed E-state index contributed by atoms with van der Waals surface area (Å²) in [4.78, 5) is 2.64. The normalized spacial score (nSPS) is 30.3. The summed E-state index contributed by atoms with van der Waals surface area (Å²) in [5.74, 6) is 0. The van der Waals surface area contributed by atoms with Crippen molar-refractivity contribution in [3.63, 3.8) is 0 Å². The molecule has 2 aliphatic heterocycles. The van der Waals surface area contributed by atoms with Gasteiger partial charge in [0, 0.05) is 19.1 Å². The first-order valence-electron chi connectivity index (χ1n) is 8.22. The Labute approximate surface area is 119 Å². The molecule has 0 bridgehead atoms. The minimum Gasteiger partial charge on any atom is -0.371 e. The first-order chi connectivity index (χ1) is 9.09. The Balaban J connectivity index is 1.79. The molecule has 3 heteroatoms. The Morgan fingerprint density at radius 2 is 2.11 bits per heavy atom. The maximum absolute atomic E-state index is 6.16. The smallest absolute Gasteiger partial charge is 0.0710 e. The van der Waals surface area contributed by atoms with E-state index in [-0.39, 0.29) is 5.60 Å². The first kappa shape index (κ1) is 15.3. The number of unbranched alkanes of at least 4 members (excludes halogenated alkanes) is 1. The van der Waals surface area contributed by atoms with Crippen molar-refractivity contribution in [3.05, 3.63) is 0 Å². The second kappa shape index (κ2) is 7.05. The van der Waals surface area contributed by atoms with E-state index in [1.807, 2.05) is 0 Å². The Kier molecular flexibility index (Phi) is 5.67. The molecule has 2 rings (SSSR count). The molecule has 2 aliphatic rings. The first-order valence-corrected chi connectivity index (χ1v) is 8.22. The molecule has 3 nitrogen and oxygen atoms in total. The summed E-state index contributed by atoms with van der Waals surface area (Å²) >= 11 is 0. The van der Waals surface area contributed by atoms with E-state index in [0.717, 1.165) is 6.54 Å². The quantitative estimate of drug-likeness (QED) is 0.768. The van der Waals surface area contributed by atoms with E-state index in [2.05, 4.69) is 31.0 Å². The molecule has 2 atom stereocenters. The standard InChI is InChI=1S/C16H32N2O/c1-4-5-11-18(12-14-7-6-10-17-14)13-15-8-9-16(2,3)19-15/h14-15,17H,4-13H2,1-3H3. The van der Waals surface area contributed by atoms with Crippen LogP contribution in [0.2, 0.25) is 0 Å². The van der Waals surface area contributed by atoms with Crippen LogP contribution in [0.15, 0.2) is 0 Å². The van der Waals surface area contributed by atoms with E-state index in [1.165, 1.54) is 58.2 Å². The molecule has 2 fully saturated rings. The fourth-order valence-corrected chi connectivity index (χ4v) is 3.36. The molecule has 0 aromatic rings. The lowest BCUT2D eigenvalue weighted by Gasteiger charge is -2.29. The van der Waals surface area contributed by atoms with Gasteiger partial charge in [-0.15, -0.1) is 0 Å². The van der Waals surface area contributed by atoms with Gasteiger partial charge in [0.05, 0.1) is 11.7 Å². The maximum Gasteiger partial charge on any atom is 0.0710 e. The lowest BCUT2D eigenvalue weighted by atomic mass is 10.1. The monoisotopic (exact) mass is 268 g/mol. The second-order valence-electron chi connectivity index (χ2n) is 6.94. The van der Waals surface area contributed by atoms with Gasteiger partial charge in [0.2, 0.25) is 0 Å². The topological polar surface area (TPSA) is 24.5 Å². The molecule has 19 heavy (non-hydrogen) atoms. The zero-order valence-electron chi connectivity index (χ0n) is 13.1. The zero-order valence-corrected chi connectivity index (χ0v) is 13.1. The van der Waals surface area contributed by atoms with E-state index in [1.54, 1.807) is 0 Å². The Hall–Kier alpha value is -0.120. The van der Waals surface area contributed by atoms with Crippen LogP contribution in [-0.4, -0.2) is 48.8 Å². The average molecular weight is 268 g/mol. The fraction of sp³-hybridized carbons (Fsp3) is 1.00. The van der Waals surface area contributed by atoms with E-state index >= 15 is 0 Å². The molecule has 2 saturated heterocycles. The highest BCUT2D eigenvalue weighted by Gasteiger charge is 2.32. The lowest BCUT2D eigenvalue weighted by Crippen LogP contribution is -2.42. The van der Waals surface area contributed by atoms with Crippen LogP contribution >= 0.6 is 0 Å². The third kappa shape index (κ3) is 5.05. The lowest BCUT2D eigenvalue weighted by molar-refractivity contribution is -0.0294. The predicted octanol–water partition coefficient (Wildman–Crippen LogP) is 2.80. The zero-order chi connectivity index (χ0) is 13.7. The van der Waals surface area contributed by atoms with Crippen LogP contribution in [0.5, 0.6) is 0 Å². The molecule has 0 aromatic heterocycles. The van der Waals surface area contributed by atoms with E-state index in [9.17, 15) is 0 Å². The van der Waals surface area contributed by atoms with Crippen molar-refractivity contribution in [2.24, 2.45) is 0 Å². The highest BCUT2D eigenvalue weighted by molar-refractivity contribution is 4.84. The minimum absolute atomic E-state index is 0.104. The van der Waals surface area contributed by atoms with Gasteiger partial charge >= 0.3 is 0 Å². The van der Waals surface area contributed by atoms with Crippen molar-refractivity contribution in [3.8, 4) is 0 Å². The van der Waals surface area contributed by atoms with Gasteiger partial charge in [0.1, 0.15) is 0 Å². The number of nitrogens with one attached hydrogen (secondary N) is 1. The molecule has 0 aliphatic carbocycles. The number of nitrogens with zero attached hydrogens (tertiary/aromatic N) is 1. The molecule has 1 N–H and O–H groups in total. The molecular formula is C16H32N2O.